The lowest BCUT2D eigenvalue weighted by Gasteiger charge is -2.07. The van der Waals surface area contributed by atoms with E-state index in [1.54, 1.807) is 0 Å². The van der Waals surface area contributed by atoms with Crippen LogP contribution in [-0.4, -0.2) is 0 Å². The summed E-state index contributed by atoms with van der Waals surface area (Å²) in [6.07, 6.45) is 7.89. The Morgan fingerprint density at radius 3 is 2.12 bits per heavy atom. The van der Waals surface area contributed by atoms with Crippen molar-refractivity contribution < 1.29 is 0 Å². The molecule has 0 aliphatic carbocycles. The monoisotopic (exact) mass is 336 g/mol. The van der Waals surface area contributed by atoms with Crippen LogP contribution in [0.4, 0.5) is 0 Å². The van der Waals surface area contributed by atoms with Crippen molar-refractivity contribution in [3.63, 3.8) is 0 Å². The summed E-state index contributed by atoms with van der Waals surface area (Å²) < 4.78 is 0. The molecule has 0 amide bonds. The van der Waals surface area contributed by atoms with Gasteiger partial charge in [-0.1, -0.05) is 86.7 Å². The highest BCUT2D eigenvalue weighted by Gasteiger charge is 2.02. The maximum absolute atomic E-state index is 5.98. The summed E-state index contributed by atoms with van der Waals surface area (Å²) in [5.41, 5.74) is 3.91. The van der Waals surface area contributed by atoms with Crippen molar-refractivity contribution in [1.29, 1.82) is 0 Å². The highest BCUT2D eigenvalue weighted by molar-refractivity contribution is 6.30. The Bertz CT molecular complexity index is 787. The smallest absolute Gasteiger partial charge is 0.0406 e. The average molecular weight is 337 g/mol. The Kier molecular flexibility index (Phi) is 5.93. The van der Waals surface area contributed by atoms with Crippen molar-refractivity contribution in [2.45, 2.75) is 45.4 Å². The maximum Gasteiger partial charge on any atom is 0.0406 e. The molecule has 0 saturated carbocycles. The molecule has 0 radical (unpaired) electrons. The Morgan fingerprint density at radius 2 is 1.33 bits per heavy atom. The lowest BCUT2D eigenvalue weighted by atomic mass is 9.98. The predicted molar refractivity (Wildman–Crippen MR) is 107 cm³/mol. The van der Waals surface area contributed by atoms with Gasteiger partial charge in [0.2, 0.25) is 0 Å². The van der Waals surface area contributed by atoms with E-state index in [-0.39, 0.29) is 0 Å². The van der Waals surface area contributed by atoms with Gasteiger partial charge in [-0.2, -0.15) is 0 Å². The second-order valence-electron chi connectivity index (χ2n) is 6.57. The Balaban J connectivity index is 1.72. The molecule has 124 valence electrons. The Labute approximate surface area is 150 Å². The molecule has 0 aliphatic heterocycles. The van der Waals surface area contributed by atoms with Gasteiger partial charge in [-0.3, -0.25) is 0 Å². The molecule has 0 bridgehead atoms. The zero-order valence-corrected chi connectivity index (χ0v) is 15.2. The number of halogens is 1. The van der Waals surface area contributed by atoms with E-state index >= 15 is 0 Å². The van der Waals surface area contributed by atoms with E-state index in [2.05, 4.69) is 55.5 Å². The normalized spacial score (nSPS) is 11.1. The number of fused-ring (bicyclic) bond motifs is 1. The van der Waals surface area contributed by atoms with Crippen molar-refractivity contribution in [2.24, 2.45) is 0 Å². The first-order valence-corrected chi connectivity index (χ1v) is 9.43. The molecule has 3 rings (SSSR count). The highest BCUT2D eigenvalue weighted by Crippen LogP contribution is 2.26. The second-order valence-corrected chi connectivity index (χ2v) is 7.00. The van der Waals surface area contributed by atoms with Crippen LogP contribution in [0.15, 0.2) is 60.7 Å². The first-order valence-electron chi connectivity index (χ1n) is 9.05. The van der Waals surface area contributed by atoms with Crippen LogP contribution in [0.25, 0.3) is 21.9 Å². The van der Waals surface area contributed by atoms with Crippen molar-refractivity contribution in [2.75, 3.05) is 0 Å². The minimum atomic E-state index is 0.781. The summed E-state index contributed by atoms with van der Waals surface area (Å²) in [6, 6.07) is 21.7. The molecule has 0 saturated heterocycles. The van der Waals surface area contributed by atoms with Gasteiger partial charge in [0.05, 0.1) is 0 Å². The van der Waals surface area contributed by atoms with Crippen LogP contribution >= 0.6 is 11.6 Å². The molecule has 0 unspecified atom stereocenters. The average Bonchev–Trinajstić information content (AvgIpc) is 2.62. The molecule has 0 spiro atoms. The summed E-state index contributed by atoms with van der Waals surface area (Å²) in [7, 11) is 0. The van der Waals surface area contributed by atoms with E-state index in [0.29, 0.717) is 0 Å². The molecule has 0 aliphatic rings. The van der Waals surface area contributed by atoms with Crippen LogP contribution in [-0.2, 0) is 6.42 Å². The van der Waals surface area contributed by atoms with Crippen molar-refractivity contribution in [1.82, 2.24) is 0 Å². The third-order valence-corrected chi connectivity index (χ3v) is 4.90. The maximum atomic E-state index is 5.98. The van der Waals surface area contributed by atoms with Gasteiger partial charge in [0.1, 0.15) is 0 Å². The van der Waals surface area contributed by atoms with Crippen LogP contribution in [0.2, 0.25) is 5.02 Å². The molecule has 0 N–H and O–H groups in total. The van der Waals surface area contributed by atoms with Crippen molar-refractivity contribution >= 4 is 22.4 Å². The quantitative estimate of drug-likeness (QED) is 0.388. The van der Waals surface area contributed by atoms with Crippen LogP contribution in [0.3, 0.4) is 0 Å². The summed E-state index contributed by atoms with van der Waals surface area (Å²) in [5.74, 6) is 0. The SMILES string of the molecule is CCCCCCCc1ccc2cc(-c3ccc(Cl)cc3)ccc2c1. The van der Waals surface area contributed by atoms with Crippen LogP contribution in [0, 0.1) is 0 Å². The molecule has 24 heavy (non-hydrogen) atoms. The molecule has 0 aromatic heterocycles. The minimum absolute atomic E-state index is 0.781. The first kappa shape index (κ1) is 17.0. The molecule has 1 heteroatoms. The van der Waals surface area contributed by atoms with E-state index in [0.717, 1.165) is 5.02 Å². The fourth-order valence-corrected chi connectivity index (χ4v) is 3.33. The zero-order chi connectivity index (χ0) is 16.8. The lowest BCUT2D eigenvalue weighted by Crippen LogP contribution is -1.87. The van der Waals surface area contributed by atoms with Crippen LogP contribution < -0.4 is 0 Å². The largest absolute Gasteiger partial charge is 0.0843 e. The summed E-state index contributed by atoms with van der Waals surface area (Å²) in [4.78, 5) is 0. The molecule has 3 aromatic rings. The van der Waals surface area contributed by atoms with Gasteiger partial charge in [-0.05, 0) is 58.5 Å². The molecular weight excluding hydrogens is 312 g/mol. The van der Waals surface area contributed by atoms with E-state index in [1.807, 2.05) is 12.1 Å². The Hall–Kier alpha value is -1.79. The van der Waals surface area contributed by atoms with E-state index < -0.39 is 0 Å². The van der Waals surface area contributed by atoms with Gasteiger partial charge in [0.15, 0.2) is 0 Å². The van der Waals surface area contributed by atoms with Crippen molar-refractivity contribution in [3.05, 3.63) is 71.2 Å². The first-order chi connectivity index (χ1) is 11.8. The predicted octanol–water partition coefficient (Wildman–Crippen LogP) is 7.67. The number of hydrogen-bond acceptors (Lipinski definition) is 0. The third-order valence-electron chi connectivity index (χ3n) is 4.65. The number of unbranched alkanes of at least 4 members (excludes halogenated alkanes) is 4. The fraction of sp³-hybridized carbons (Fsp3) is 0.304. The summed E-state index contributed by atoms with van der Waals surface area (Å²) >= 11 is 5.98. The Morgan fingerprint density at radius 1 is 0.667 bits per heavy atom. The van der Waals surface area contributed by atoms with Gasteiger partial charge in [-0.25, -0.2) is 0 Å². The standard InChI is InChI=1S/C23H25Cl/c1-2-3-4-5-6-7-18-8-9-22-17-21(11-10-20(22)16-18)19-12-14-23(24)15-13-19/h8-17H,2-7H2,1H3. The van der Waals surface area contributed by atoms with Gasteiger partial charge in [-0.15, -0.1) is 0 Å². The number of benzene rings is 3. The lowest BCUT2D eigenvalue weighted by molar-refractivity contribution is 0.632. The van der Waals surface area contributed by atoms with E-state index in [9.17, 15) is 0 Å². The van der Waals surface area contributed by atoms with E-state index in [4.69, 9.17) is 11.6 Å². The van der Waals surface area contributed by atoms with Crippen molar-refractivity contribution in [3.8, 4) is 11.1 Å². The van der Waals surface area contributed by atoms with E-state index in [1.165, 1.54) is 66.0 Å². The molecule has 3 aromatic carbocycles. The summed E-state index contributed by atoms with van der Waals surface area (Å²) in [5, 5.41) is 3.42. The molecule has 0 heterocycles. The third kappa shape index (κ3) is 4.39. The fourth-order valence-electron chi connectivity index (χ4n) is 3.21. The van der Waals surface area contributed by atoms with Gasteiger partial charge in [0.25, 0.3) is 0 Å². The second kappa shape index (κ2) is 8.35. The number of hydrogen-bond donors (Lipinski definition) is 0. The topological polar surface area (TPSA) is 0 Å². The minimum Gasteiger partial charge on any atom is -0.0843 e. The highest BCUT2D eigenvalue weighted by atomic mass is 35.5. The molecule has 0 fully saturated rings. The zero-order valence-electron chi connectivity index (χ0n) is 14.4. The van der Waals surface area contributed by atoms with Gasteiger partial charge >= 0.3 is 0 Å². The number of rotatable bonds is 7. The molecule has 0 nitrogen and oxygen atoms in total. The molecular formula is C23H25Cl. The van der Waals surface area contributed by atoms with Gasteiger partial charge < -0.3 is 0 Å². The molecule has 0 atom stereocenters. The van der Waals surface area contributed by atoms with Crippen LogP contribution in [0.5, 0.6) is 0 Å². The van der Waals surface area contributed by atoms with Gasteiger partial charge in [0, 0.05) is 5.02 Å². The number of aryl methyl sites for hydroxylation is 1. The summed E-state index contributed by atoms with van der Waals surface area (Å²) in [6.45, 7) is 2.27. The van der Waals surface area contributed by atoms with Crippen LogP contribution in [0.1, 0.15) is 44.6 Å².